The molecular formula is C19H18ClN5O8S3. The molecule has 0 spiro atoms. The van der Waals surface area contributed by atoms with Gasteiger partial charge in [0.2, 0.25) is 17.2 Å². The van der Waals surface area contributed by atoms with Crippen LogP contribution in [-0.4, -0.2) is 57.1 Å². The third-order valence-corrected chi connectivity index (χ3v) is 7.98. The molecule has 17 heteroatoms. The quantitative estimate of drug-likeness (QED) is 0.282. The van der Waals surface area contributed by atoms with E-state index in [9.17, 15) is 25.3 Å². The highest BCUT2D eigenvalue weighted by atomic mass is 35.5. The van der Waals surface area contributed by atoms with E-state index in [1.165, 1.54) is 48.5 Å². The number of halogens is 1. The summed E-state index contributed by atoms with van der Waals surface area (Å²) < 4.78 is 82.4. The summed E-state index contributed by atoms with van der Waals surface area (Å²) in [7, 11) is -12.3. The molecule has 0 aliphatic carbocycles. The molecule has 1 heterocycles. The fourth-order valence-electron chi connectivity index (χ4n) is 2.68. The number of sulfone groups is 2. The van der Waals surface area contributed by atoms with Crippen LogP contribution in [0.4, 0.5) is 23.3 Å². The molecule has 13 nitrogen and oxygen atoms in total. The van der Waals surface area contributed by atoms with Crippen molar-refractivity contribution in [2.45, 2.75) is 9.79 Å². The number of hydrogen-bond acceptors (Lipinski definition) is 12. The molecule has 192 valence electrons. The fourth-order valence-corrected chi connectivity index (χ4v) is 5.08. The Labute approximate surface area is 212 Å². The molecule has 0 aliphatic heterocycles. The predicted octanol–water partition coefficient (Wildman–Crippen LogP) is 2.52. The van der Waals surface area contributed by atoms with Gasteiger partial charge in [-0.05, 0) is 54.1 Å². The standard InChI is InChI=1S/C19H18ClN5O8S3/c1-2-34(26,27)15-8-6-13(7-9-15)21-18-23-17(20)24-19(25-18)22-14-4-3-5-16(12-14)35(28,29)11-10-33-36(30,31)32/h2-9,12H,1,10-11H2,(H,30,31,32)(H2,21,22,23,24,25). The van der Waals surface area contributed by atoms with Gasteiger partial charge in [0.15, 0.2) is 19.7 Å². The molecule has 0 fully saturated rings. The van der Waals surface area contributed by atoms with Crippen LogP contribution in [0.25, 0.3) is 0 Å². The van der Waals surface area contributed by atoms with E-state index in [1.54, 1.807) is 0 Å². The van der Waals surface area contributed by atoms with Gasteiger partial charge in [0, 0.05) is 16.8 Å². The van der Waals surface area contributed by atoms with E-state index in [2.05, 4.69) is 36.3 Å². The first-order chi connectivity index (χ1) is 16.8. The Morgan fingerprint density at radius 3 is 2.08 bits per heavy atom. The molecule has 3 rings (SSSR count). The summed E-state index contributed by atoms with van der Waals surface area (Å²) in [5.74, 6) is -0.718. The molecule has 3 N–H and O–H groups in total. The summed E-state index contributed by atoms with van der Waals surface area (Å²) in [5, 5.41) is 6.30. The van der Waals surface area contributed by atoms with Gasteiger partial charge in [-0.2, -0.15) is 23.4 Å². The second kappa shape index (κ2) is 10.9. The molecule has 0 saturated carbocycles. The average Bonchev–Trinajstić information content (AvgIpc) is 2.78. The van der Waals surface area contributed by atoms with Crippen molar-refractivity contribution in [3.8, 4) is 0 Å². The van der Waals surface area contributed by atoms with E-state index in [0.717, 1.165) is 5.41 Å². The fraction of sp³-hybridized carbons (Fsp3) is 0.105. The van der Waals surface area contributed by atoms with Crippen LogP contribution in [0.5, 0.6) is 0 Å². The molecule has 0 amide bonds. The van der Waals surface area contributed by atoms with Crippen LogP contribution < -0.4 is 10.6 Å². The minimum absolute atomic E-state index is 0.0166. The van der Waals surface area contributed by atoms with Crippen molar-refractivity contribution in [1.82, 2.24) is 15.0 Å². The third kappa shape index (κ3) is 7.67. The smallest absolute Gasteiger partial charge is 0.324 e. The van der Waals surface area contributed by atoms with Crippen molar-refractivity contribution in [1.29, 1.82) is 0 Å². The van der Waals surface area contributed by atoms with E-state index in [0.29, 0.717) is 5.69 Å². The topological polar surface area (TPSA) is 195 Å². The lowest BCUT2D eigenvalue weighted by Crippen LogP contribution is -2.15. The lowest BCUT2D eigenvalue weighted by atomic mass is 10.3. The van der Waals surface area contributed by atoms with E-state index >= 15 is 0 Å². The molecule has 0 saturated heterocycles. The third-order valence-electron chi connectivity index (χ3n) is 4.30. The second-order valence-electron chi connectivity index (χ2n) is 6.83. The van der Waals surface area contributed by atoms with E-state index in [1.807, 2.05) is 0 Å². The highest BCUT2D eigenvalue weighted by molar-refractivity contribution is 7.94. The van der Waals surface area contributed by atoms with Gasteiger partial charge in [-0.25, -0.2) is 21.0 Å². The number of benzene rings is 2. The van der Waals surface area contributed by atoms with E-state index in [4.69, 9.17) is 16.2 Å². The number of hydrogen-bond donors (Lipinski definition) is 3. The van der Waals surface area contributed by atoms with Crippen molar-refractivity contribution in [2.75, 3.05) is 23.0 Å². The molecule has 0 aliphatic rings. The normalized spacial score (nSPS) is 12.2. The minimum atomic E-state index is -4.77. The minimum Gasteiger partial charge on any atom is -0.324 e. The largest absolute Gasteiger partial charge is 0.397 e. The molecule has 3 aromatic rings. The van der Waals surface area contributed by atoms with Crippen LogP contribution in [-0.2, 0) is 34.3 Å². The molecule has 0 radical (unpaired) electrons. The SMILES string of the molecule is C=CS(=O)(=O)c1ccc(Nc2nc(Cl)nc(Nc3cccc(S(=O)(=O)CCOS(=O)(=O)O)c3)n2)cc1. The molecule has 0 unspecified atom stereocenters. The van der Waals surface area contributed by atoms with Crippen LogP contribution >= 0.6 is 11.6 Å². The summed E-state index contributed by atoms with van der Waals surface area (Å²) in [6, 6.07) is 11.2. The average molecular weight is 576 g/mol. The molecule has 0 bridgehead atoms. The zero-order valence-electron chi connectivity index (χ0n) is 18.1. The summed E-state index contributed by atoms with van der Waals surface area (Å²) in [5.41, 5.74) is 0.713. The van der Waals surface area contributed by atoms with Crippen LogP contribution in [0.2, 0.25) is 5.28 Å². The summed E-state index contributed by atoms with van der Waals surface area (Å²) >= 11 is 5.97. The first kappa shape index (κ1) is 27.4. The molecule has 36 heavy (non-hydrogen) atoms. The molecule has 2 aromatic carbocycles. The Morgan fingerprint density at radius 2 is 1.50 bits per heavy atom. The summed E-state index contributed by atoms with van der Waals surface area (Å²) in [6.45, 7) is 2.50. The zero-order chi connectivity index (χ0) is 26.6. The first-order valence-electron chi connectivity index (χ1n) is 9.65. The number of anilines is 4. The Balaban J connectivity index is 1.76. The maximum absolute atomic E-state index is 12.4. The van der Waals surface area contributed by atoms with Crippen molar-refractivity contribution >= 4 is 64.9 Å². The van der Waals surface area contributed by atoms with Crippen molar-refractivity contribution < 1.29 is 34.0 Å². The van der Waals surface area contributed by atoms with Crippen molar-refractivity contribution in [2.24, 2.45) is 0 Å². The number of aromatic nitrogens is 3. The van der Waals surface area contributed by atoms with Gasteiger partial charge in [-0.15, -0.1) is 0 Å². The molecule has 1 aromatic heterocycles. The first-order valence-corrected chi connectivity index (χ1v) is 14.6. The second-order valence-corrected chi connectivity index (χ2v) is 12.3. The lowest BCUT2D eigenvalue weighted by Gasteiger charge is -2.10. The number of nitrogens with zero attached hydrogens (tertiary/aromatic N) is 3. The summed E-state index contributed by atoms with van der Waals surface area (Å²) in [4.78, 5) is 11.9. The maximum Gasteiger partial charge on any atom is 0.397 e. The van der Waals surface area contributed by atoms with Gasteiger partial charge in [0.25, 0.3) is 0 Å². The van der Waals surface area contributed by atoms with Crippen LogP contribution in [0.3, 0.4) is 0 Å². The Hall–Kier alpha value is -3.15. The maximum atomic E-state index is 12.4. The van der Waals surface area contributed by atoms with Gasteiger partial charge >= 0.3 is 10.4 Å². The Morgan fingerprint density at radius 1 is 0.889 bits per heavy atom. The van der Waals surface area contributed by atoms with Gasteiger partial charge in [-0.3, -0.25) is 4.55 Å². The van der Waals surface area contributed by atoms with E-state index < -0.39 is 42.4 Å². The Kier molecular flexibility index (Phi) is 8.27. The number of rotatable bonds is 11. The van der Waals surface area contributed by atoms with Crippen molar-refractivity contribution in [3.63, 3.8) is 0 Å². The summed E-state index contributed by atoms with van der Waals surface area (Å²) in [6.07, 6.45) is 0. The van der Waals surface area contributed by atoms with Gasteiger partial charge in [0.05, 0.1) is 22.2 Å². The molecular weight excluding hydrogens is 558 g/mol. The highest BCUT2D eigenvalue weighted by Crippen LogP contribution is 2.22. The predicted molar refractivity (Wildman–Crippen MR) is 131 cm³/mol. The monoisotopic (exact) mass is 575 g/mol. The molecule has 0 atom stereocenters. The van der Waals surface area contributed by atoms with E-state index in [-0.39, 0.29) is 32.7 Å². The van der Waals surface area contributed by atoms with Gasteiger partial charge in [0.1, 0.15) is 0 Å². The zero-order valence-corrected chi connectivity index (χ0v) is 21.3. The lowest BCUT2D eigenvalue weighted by molar-refractivity contribution is 0.284. The van der Waals surface area contributed by atoms with Crippen molar-refractivity contribution in [3.05, 3.63) is 65.8 Å². The van der Waals surface area contributed by atoms with Crippen LogP contribution in [0.1, 0.15) is 0 Å². The van der Waals surface area contributed by atoms with Gasteiger partial charge in [-0.1, -0.05) is 12.6 Å². The van der Waals surface area contributed by atoms with Crippen LogP contribution in [0, 0.1) is 0 Å². The highest BCUT2D eigenvalue weighted by Gasteiger charge is 2.17. The number of nitrogens with one attached hydrogen (secondary N) is 2. The van der Waals surface area contributed by atoms with Gasteiger partial charge < -0.3 is 10.6 Å². The van der Waals surface area contributed by atoms with Crippen LogP contribution in [0.15, 0.2) is 70.3 Å². The Bertz CT molecular complexity index is 1600.